The zero-order valence-corrected chi connectivity index (χ0v) is 25.8. The largest absolute Gasteiger partial charge is 0.478 e. The first-order valence-corrected chi connectivity index (χ1v) is 15.4. The average molecular weight is 597 g/mol. The molecule has 1 aliphatic carbocycles. The highest BCUT2D eigenvalue weighted by Crippen LogP contribution is 2.52. The lowest BCUT2D eigenvalue weighted by molar-refractivity contribution is -0.164. The molecule has 1 spiro atoms. The maximum Gasteiger partial charge on any atom is 0.268 e. The van der Waals surface area contributed by atoms with E-state index in [0.717, 1.165) is 37.9 Å². The fourth-order valence-corrected chi connectivity index (χ4v) is 6.93. The molecule has 1 saturated carbocycles. The molecule has 7 rings (SSSR count). The summed E-state index contributed by atoms with van der Waals surface area (Å²) in [6.45, 7) is 6.80. The Morgan fingerprint density at radius 3 is 2.80 bits per heavy atom. The number of hydrazine groups is 1. The third kappa shape index (κ3) is 5.03. The standard InChI is InChI=1S/C33H40N8O3/c1-32(2)30(43)40-16-8-6-5-7-15-39(4)41(27-12-11-26(44-32)29(40)36-27)28-23(20-42)18-34-31(37-28)35-24-9-10-25-22(17-24)19-38(3)21-33(25)13-14-33/h5,7,9-12,17-18,20,29,36H,6,8,13-16,19,21H2,1-4H3,(H,34,35,37)/b7-5-. The number of benzene rings is 1. The zero-order chi connectivity index (χ0) is 30.6. The summed E-state index contributed by atoms with van der Waals surface area (Å²) in [6, 6.07) is 6.54. The van der Waals surface area contributed by atoms with Gasteiger partial charge >= 0.3 is 0 Å². The number of aldehydes is 1. The molecule has 5 heterocycles. The molecule has 1 aromatic carbocycles. The average Bonchev–Trinajstić information content (AvgIpc) is 3.75. The van der Waals surface area contributed by atoms with Gasteiger partial charge in [-0.25, -0.2) is 15.0 Å². The number of carbonyl (C=O) groups is 2. The molecular formula is C33H40N8O3. The summed E-state index contributed by atoms with van der Waals surface area (Å²) in [5, 5.41) is 10.8. The Hall–Kier alpha value is -4.22. The van der Waals surface area contributed by atoms with Gasteiger partial charge in [-0.1, -0.05) is 18.2 Å². The van der Waals surface area contributed by atoms with Crippen molar-refractivity contribution in [2.24, 2.45) is 0 Å². The highest BCUT2D eigenvalue weighted by atomic mass is 16.5. The van der Waals surface area contributed by atoms with Crippen molar-refractivity contribution in [2.45, 2.75) is 63.3 Å². The number of hydrogen-bond donors (Lipinski definition) is 2. The SMILES string of the molecule is CN1Cc2cc(Nc3ncc(C=O)c(N4C5=CC=C6OC(C)(C)C(=O)N(CCC/C=C\CN4C)C6N5)n3)ccc2C2(CC2)C1. The molecule has 5 aliphatic rings. The summed E-state index contributed by atoms with van der Waals surface area (Å²) in [5.74, 6) is 2.08. The first-order valence-electron chi connectivity index (χ1n) is 15.4. The Bertz CT molecular complexity index is 1590. The lowest BCUT2D eigenvalue weighted by Gasteiger charge is -2.47. The molecule has 230 valence electrons. The van der Waals surface area contributed by atoms with Crippen molar-refractivity contribution in [2.75, 3.05) is 44.1 Å². The van der Waals surface area contributed by atoms with E-state index in [1.807, 2.05) is 34.1 Å². The van der Waals surface area contributed by atoms with Crippen molar-refractivity contribution < 1.29 is 14.3 Å². The van der Waals surface area contributed by atoms with Crippen LogP contribution >= 0.6 is 0 Å². The van der Waals surface area contributed by atoms with Gasteiger partial charge in [0.25, 0.3) is 5.91 Å². The summed E-state index contributed by atoms with van der Waals surface area (Å²) in [4.78, 5) is 39.4. The summed E-state index contributed by atoms with van der Waals surface area (Å²) in [5.41, 5.74) is 3.39. The maximum absolute atomic E-state index is 13.5. The van der Waals surface area contributed by atoms with E-state index < -0.39 is 11.8 Å². The Labute approximate surface area is 258 Å². The van der Waals surface area contributed by atoms with Crippen LogP contribution in [0.4, 0.5) is 17.5 Å². The smallest absolute Gasteiger partial charge is 0.268 e. The molecule has 1 aromatic heterocycles. The van der Waals surface area contributed by atoms with E-state index >= 15 is 0 Å². The van der Waals surface area contributed by atoms with Gasteiger partial charge in [0.1, 0.15) is 11.6 Å². The molecule has 2 fully saturated rings. The minimum Gasteiger partial charge on any atom is -0.478 e. The molecule has 44 heavy (non-hydrogen) atoms. The molecule has 2 N–H and O–H groups in total. The third-order valence-corrected chi connectivity index (χ3v) is 9.22. The van der Waals surface area contributed by atoms with Gasteiger partial charge < -0.3 is 25.2 Å². The van der Waals surface area contributed by atoms with Crippen LogP contribution in [0.5, 0.6) is 0 Å². The number of ether oxygens (including phenoxy) is 1. The van der Waals surface area contributed by atoms with Crippen LogP contribution in [0.3, 0.4) is 0 Å². The van der Waals surface area contributed by atoms with Crippen molar-refractivity contribution >= 4 is 29.6 Å². The molecule has 1 amide bonds. The van der Waals surface area contributed by atoms with Crippen LogP contribution in [0.1, 0.15) is 61.0 Å². The minimum atomic E-state index is -0.956. The second kappa shape index (κ2) is 10.7. The Morgan fingerprint density at radius 1 is 1.16 bits per heavy atom. The van der Waals surface area contributed by atoms with Crippen LogP contribution in [0.25, 0.3) is 0 Å². The Balaban J connectivity index is 1.25. The van der Waals surface area contributed by atoms with E-state index in [2.05, 4.69) is 57.9 Å². The number of amides is 1. The number of hydrogen-bond acceptors (Lipinski definition) is 10. The topological polar surface area (TPSA) is 106 Å². The fourth-order valence-electron chi connectivity index (χ4n) is 6.93. The predicted molar refractivity (Wildman–Crippen MR) is 168 cm³/mol. The Kier molecular flexibility index (Phi) is 6.97. The number of carbonyl (C=O) groups excluding carboxylic acids is 2. The molecule has 2 aromatic rings. The summed E-state index contributed by atoms with van der Waals surface area (Å²) < 4.78 is 6.15. The number of morpholine rings is 1. The molecule has 4 aliphatic heterocycles. The van der Waals surface area contributed by atoms with Crippen molar-refractivity contribution in [3.05, 3.63) is 77.0 Å². The number of anilines is 3. The van der Waals surface area contributed by atoms with Crippen LogP contribution in [-0.2, 0) is 21.5 Å². The van der Waals surface area contributed by atoms with Crippen LogP contribution in [-0.4, -0.2) is 82.5 Å². The number of nitrogens with one attached hydrogen (secondary N) is 2. The normalized spacial score (nSPS) is 24.9. The summed E-state index contributed by atoms with van der Waals surface area (Å²) >= 11 is 0. The van der Waals surface area contributed by atoms with Gasteiger partial charge in [-0.3, -0.25) is 9.59 Å². The van der Waals surface area contributed by atoms with Crippen LogP contribution < -0.4 is 15.6 Å². The van der Waals surface area contributed by atoms with Crippen molar-refractivity contribution in [1.29, 1.82) is 0 Å². The van der Waals surface area contributed by atoms with Gasteiger partial charge in [0, 0.05) is 50.5 Å². The maximum atomic E-state index is 13.5. The fraction of sp³-hybridized carbons (Fsp3) is 0.455. The van der Waals surface area contributed by atoms with Crippen LogP contribution in [0.15, 0.2) is 60.3 Å². The molecule has 11 nitrogen and oxygen atoms in total. The van der Waals surface area contributed by atoms with Crippen molar-refractivity contribution in [1.82, 2.24) is 30.1 Å². The molecule has 11 heteroatoms. The third-order valence-electron chi connectivity index (χ3n) is 9.22. The second-order valence-electron chi connectivity index (χ2n) is 13.1. The number of likely N-dealkylation sites (N-methyl/N-ethyl adjacent to an activating group) is 2. The summed E-state index contributed by atoms with van der Waals surface area (Å²) in [7, 11) is 4.13. The number of allylic oxidation sites excluding steroid dienone is 3. The highest BCUT2D eigenvalue weighted by Gasteiger charge is 2.48. The van der Waals surface area contributed by atoms with Crippen LogP contribution in [0, 0.1) is 0 Å². The van der Waals surface area contributed by atoms with Gasteiger partial charge in [0.2, 0.25) is 5.95 Å². The minimum absolute atomic E-state index is 0.0692. The van der Waals surface area contributed by atoms with E-state index in [4.69, 9.17) is 9.72 Å². The molecule has 2 bridgehead atoms. The first-order chi connectivity index (χ1) is 21.2. The number of fused-ring (bicyclic) bond motifs is 3. The van der Waals surface area contributed by atoms with E-state index in [9.17, 15) is 9.59 Å². The van der Waals surface area contributed by atoms with Gasteiger partial charge in [0.15, 0.2) is 23.9 Å². The number of aromatic nitrogens is 2. The Morgan fingerprint density at radius 2 is 2.00 bits per heavy atom. The van der Waals surface area contributed by atoms with Gasteiger partial charge in [-0.05, 0) is 82.0 Å². The molecule has 0 radical (unpaired) electrons. The monoisotopic (exact) mass is 596 g/mol. The quantitative estimate of drug-likeness (QED) is 0.400. The number of rotatable bonds is 4. The molecular weight excluding hydrogens is 556 g/mol. The highest BCUT2D eigenvalue weighted by molar-refractivity contribution is 5.86. The number of nitrogens with zero attached hydrogens (tertiary/aromatic N) is 6. The van der Waals surface area contributed by atoms with E-state index in [1.165, 1.54) is 24.0 Å². The van der Waals surface area contributed by atoms with Crippen LogP contribution in [0.2, 0.25) is 0 Å². The van der Waals surface area contributed by atoms with E-state index in [0.29, 0.717) is 47.4 Å². The van der Waals surface area contributed by atoms with Gasteiger partial charge in [-0.15, -0.1) is 0 Å². The summed E-state index contributed by atoms with van der Waals surface area (Å²) in [6.07, 6.45) is 14.0. The lowest BCUT2D eigenvalue weighted by Crippen LogP contribution is -2.63. The van der Waals surface area contributed by atoms with Crippen molar-refractivity contribution in [3.63, 3.8) is 0 Å². The van der Waals surface area contributed by atoms with Gasteiger partial charge in [0.05, 0.1) is 5.56 Å². The molecule has 1 atom stereocenters. The lowest BCUT2D eigenvalue weighted by atomic mass is 9.87. The van der Waals surface area contributed by atoms with E-state index in [-0.39, 0.29) is 5.91 Å². The second-order valence-corrected chi connectivity index (χ2v) is 13.1. The molecule has 1 saturated heterocycles. The number of dihydropyridines is 1. The van der Waals surface area contributed by atoms with Gasteiger partial charge in [-0.2, -0.15) is 4.98 Å². The molecule has 1 unspecified atom stereocenters. The van der Waals surface area contributed by atoms with E-state index in [1.54, 1.807) is 20.0 Å². The van der Waals surface area contributed by atoms with Crippen molar-refractivity contribution in [3.8, 4) is 0 Å². The predicted octanol–water partition coefficient (Wildman–Crippen LogP) is 3.80. The zero-order valence-electron chi connectivity index (χ0n) is 25.8. The first kappa shape index (κ1) is 28.5.